The Bertz CT molecular complexity index is 726. The Morgan fingerprint density at radius 1 is 1.21 bits per heavy atom. The summed E-state index contributed by atoms with van der Waals surface area (Å²) in [5, 5.41) is 11.4. The van der Waals surface area contributed by atoms with Gasteiger partial charge in [0.1, 0.15) is 11.8 Å². The minimum Gasteiger partial charge on any atom is -0.497 e. The van der Waals surface area contributed by atoms with Gasteiger partial charge in [-0.05, 0) is 41.7 Å². The van der Waals surface area contributed by atoms with Crippen molar-refractivity contribution in [2.24, 2.45) is 0 Å². The summed E-state index contributed by atoms with van der Waals surface area (Å²) in [6.45, 7) is 11.3. The van der Waals surface area contributed by atoms with E-state index in [0.29, 0.717) is 18.8 Å². The van der Waals surface area contributed by atoms with Crippen LogP contribution in [0.15, 0.2) is 24.3 Å². The van der Waals surface area contributed by atoms with Gasteiger partial charge >= 0.3 is 6.09 Å². The summed E-state index contributed by atoms with van der Waals surface area (Å²) in [5.74, 6) is 5.60. The number of nitrogens with one attached hydrogen (secondary N) is 1. The van der Waals surface area contributed by atoms with Crippen LogP contribution < -0.4 is 10.1 Å². The highest BCUT2D eigenvalue weighted by Crippen LogP contribution is 2.36. The molecule has 0 heterocycles. The van der Waals surface area contributed by atoms with Crippen molar-refractivity contribution in [2.75, 3.05) is 13.7 Å². The molecule has 154 valence electrons. The molecule has 0 aromatic heterocycles. The number of amides is 1. The van der Waals surface area contributed by atoms with Crippen LogP contribution in [-0.2, 0) is 15.6 Å². The zero-order valence-corrected chi connectivity index (χ0v) is 18.6. The first-order valence-corrected chi connectivity index (χ1v) is 12.2. The van der Waals surface area contributed by atoms with Gasteiger partial charge in [0.2, 0.25) is 5.78 Å². The number of ketones is 1. The van der Waals surface area contributed by atoms with Gasteiger partial charge in [0, 0.05) is 19.4 Å². The molecule has 6 nitrogen and oxygen atoms in total. The molecule has 0 spiro atoms. The molecule has 28 heavy (non-hydrogen) atoms. The third-order valence-electron chi connectivity index (χ3n) is 4.92. The van der Waals surface area contributed by atoms with E-state index >= 15 is 0 Å². The lowest BCUT2D eigenvalue weighted by molar-refractivity contribution is -0.115. The molecule has 1 unspecified atom stereocenters. The van der Waals surface area contributed by atoms with E-state index in [1.54, 1.807) is 31.4 Å². The maximum absolute atomic E-state index is 12.4. The van der Waals surface area contributed by atoms with Gasteiger partial charge in [-0.2, -0.15) is 0 Å². The Labute approximate surface area is 168 Å². The molecular weight excluding hydrogens is 374 g/mol. The highest BCUT2D eigenvalue weighted by atomic mass is 28.4. The molecule has 0 aliphatic rings. The topological polar surface area (TPSA) is 84.9 Å². The Balaban J connectivity index is 2.68. The molecule has 1 rings (SSSR count). The molecule has 0 radical (unpaired) electrons. The van der Waals surface area contributed by atoms with Crippen LogP contribution in [0.4, 0.5) is 4.79 Å². The smallest absolute Gasteiger partial charge is 0.405 e. The first kappa shape index (κ1) is 23.7. The minimum absolute atomic E-state index is 0.116. The van der Waals surface area contributed by atoms with Crippen molar-refractivity contribution in [2.45, 2.75) is 57.8 Å². The molecule has 0 fully saturated rings. The lowest BCUT2D eigenvalue weighted by Crippen LogP contribution is -2.41. The van der Waals surface area contributed by atoms with Crippen LogP contribution in [0, 0.1) is 11.8 Å². The van der Waals surface area contributed by atoms with Crippen LogP contribution in [0.3, 0.4) is 0 Å². The van der Waals surface area contributed by atoms with E-state index in [2.05, 4.69) is 51.0 Å². The van der Waals surface area contributed by atoms with Crippen molar-refractivity contribution in [1.29, 1.82) is 0 Å². The van der Waals surface area contributed by atoms with Gasteiger partial charge < -0.3 is 19.6 Å². The summed E-state index contributed by atoms with van der Waals surface area (Å²) < 4.78 is 11.1. The molecule has 0 aliphatic heterocycles. The van der Waals surface area contributed by atoms with Gasteiger partial charge in [-0.3, -0.25) is 4.79 Å². The Morgan fingerprint density at radius 3 is 2.32 bits per heavy atom. The molecule has 0 saturated heterocycles. The monoisotopic (exact) mass is 405 g/mol. The Kier molecular flexibility index (Phi) is 8.73. The minimum atomic E-state index is -1.84. The average Bonchev–Trinajstić information content (AvgIpc) is 2.60. The zero-order chi connectivity index (χ0) is 21.4. The first-order valence-electron chi connectivity index (χ1n) is 9.25. The fourth-order valence-corrected chi connectivity index (χ4v) is 3.21. The van der Waals surface area contributed by atoms with Crippen molar-refractivity contribution >= 4 is 20.2 Å². The number of Topliss-reactive ketones (excluding diaryl/α,β-unsaturated/α-hetero) is 1. The Hall–Kier alpha value is -2.30. The molecule has 1 aromatic carbocycles. The number of carbonyl (C=O) groups excluding carboxylic acids is 1. The maximum atomic E-state index is 12.4. The predicted molar refractivity (Wildman–Crippen MR) is 112 cm³/mol. The van der Waals surface area contributed by atoms with Gasteiger partial charge in [-0.25, -0.2) is 4.79 Å². The third-order valence-corrected chi connectivity index (χ3v) is 9.46. The lowest BCUT2D eigenvalue weighted by Gasteiger charge is -2.35. The van der Waals surface area contributed by atoms with Crippen LogP contribution in [-0.4, -0.2) is 45.1 Å². The second kappa shape index (κ2) is 10.3. The molecular formula is C21H31NO5Si. The first-order chi connectivity index (χ1) is 13.0. The highest BCUT2D eigenvalue weighted by Gasteiger charge is 2.36. The van der Waals surface area contributed by atoms with Gasteiger partial charge in [0.15, 0.2) is 8.32 Å². The average molecular weight is 406 g/mol. The number of benzene rings is 1. The molecule has 0 bridgehead atoms. The Morgan fingerprint density at radius 2 is 1.82 bits per heavy atom. The maximum Gasteiger partial charge on any atom is 0.405 e. The number of rotatable bonds is 8. The van der Waals surface area contributed by atoms with Crippen molar-refractivity contribution in [3.63, 3.8) is 0 Å². The number of ether oxygens (including phenoxy) is 1. The summed E-state index contributed by atoms with van der Waals surface area (Å²) in [7, 11) is -0.270. The molecule has 0 aliphatic carbocycles. The largest absolute Gasteiger partial charge is 0.497 e. The number of hydrogen-bond acceptors (Lipinski definition) is 4. The van der Waals surface area contributed by atoms with Crippen molar-refractivity contribution in [3.05, 3.63) is 29.8 Å². The quantitative estimate of drug-likeness (QED) is 0.297. The van der Waals surface area contributed by atoms with Crippen LogP contribution in [0.5, 0.6) is 5.75 Å². The predicted octanol–water partition coefficient (Wildman–Crippen LogP) is 3.86. The summed E-state index contributed by atoms with van der Waals surface area (Å²) in [5.41, 5.74) is 0.816. The number of carbonyl (C=O) groups is 2. The number of carboxylic acid groups (broad SMARTS) is 1. The second-order valence-electron chi connectivity index (χ2n) is 8.08. The lowest BCUT2D eigenvalue weighted by atomic mass is 10.0. The molecule has 1 amide bonds. The highest BCUT2D eigenvalue weighted by molar-refractivity contribution is 6.74. The van der Waals surface area contributed by atoms with Gasteiger partial charge in [0.25, 0.3) is 0 Å². The molecule has 1 atom stereocenters. The van der Waals surface area contributed by atoms with Crippen LogP contribution in [0.2, 0.25) is 18.1 Å². The van der Waals surface area contributed by atoms with E-state index in [-0.39, 0.29) is 11.5 Å². The normalized spacial score (nSPS) is 12.5. The van der Waals surface area contributed by atoms with E-state index in [1.165, 1.54) is 0 Å². The van der Waals surface area contributed by atoms with E-state index in [0.717, 1.165) is 5.56 Å². The van der Waals surface area contributed by atoms with Gasteiger partial charge in [0.05, 0.1) is 7.11 Å². The summed E-state index contributed by atoms with van der Waals surface area (Å²) in [6.07, 6.45) is -0.597. The van der Waals surface area contributed by atoms with Crippen molar-refractivity contribution in [3.8, 4) is 17.6 Å². The second-order valence-corrected chi connectivity index (χ2v) is 12.9. The summed E-state index contributed by atoms with van der Waals surface area (Å²) >= 11 is 0. The van der Waals surface area contributed by atoms with Crippen molar-refractivity contribution < 1.29 is 23.9 Å². The van der Waals surface area contributed by atoms with E-state index < -0.39 is 26.2 Å². The standard InChI is InChI=1S/C21H31NO5Si/c1-21(2,3)28(5,6)27-14-8-7-9-19(23)18(22-20(24)25)15-16-10-12-17(26-4)13-11-16/h10-13,18,22H,8,14-15H2,1-6H3,(H,24,25). The molecule has 1 aromatic rings. The molecule has 7 heteroatoms. The summed E-state index contributed by atoms with van der Waals surface area (Å²) in [4.78, 5) is 23.4. The van der Waals surface area contributed by atoms with Gasteiger partial charge in [-0.1, -0.05) is 38.8 Å². The van der Waals surface area contributed by atoms with Crippen LogP contribution >= 0.6 is 0 Å². The molecule has 2 N–H and O–H groups in total. The van der Waals surface area contributed by atoms with Crippen LogP contribution in [0.25, 0.3) is 0 Å². The summed E-state index contributed by atoms with van der Waals surface area (Å²) in [6, 6.07) is 6.20. The van der Waals surface area contributed by atoms with E-state index in [9.17, 15) is 9.59 Å². The number of hydrogen-bond donors (Lipinski definition) is 2. The van der Waals surface area contributed by atoms with Crippen molar-refractivity contribution in [1.82, 2.24) is 5.32 Å². The van der Waals surface area contributed by atoms with E-state index in [4.69, 9.17) is 14.3 Å². The fourth-order valence-electron chi connectivity index (χ4n) is 2.17. The fraction of sp³-hybridized carbons (Fsp3) is 0.524. The number of methoxy groups -OCH3 is 1. The zero-order valence-electron chi connectivity index (χ0n) is 17.6. The SMILES string of the molecule is COc1ccc(CC(NC(=O)O)C(=O)C#CCCO[Si](C)(C)C(C)(C)C)cc1. The third kappa shape index (κ3) is 7.75. The van der Waals surface area contributed by atoms with Crippen LogP contribution in [0.1, 0.15) is 32.8 Å². The molecule has 0 saturated carbocycles. The van der Waals surface area contributed by atoms with Gasteiger partial charge in [-0.15, -0.1) is 0 Å². The van der Waals surface area contributed by atoms with E-state index in [1.807, 2.05) is 0 Å².